The van der Waals surface area contributed by atoms with Gasteiger partial charge in [0.05, 0.1) is 11.1 Å². The van der Waals surface area contributed by atoms with Crippen molar-refractivity contribution in [1.29, 1.82) is 0 Å². The summed E-state index contributed by atoms with van der Waals surface area (Å²) in [7, 11) is 0. The Hall–Kier alpha value is -7.58. The fourth-order valence-corrected chi connectivity index (χ4v) is 5.39. The minimum atomic E-state index is -0.657. The molecule has 0 heterocycles. The Morgan fingerprint density at radius 2 is 0.556 bits per heavy atom. The minimum Gasteiger partial charge on any atom is -0.457 e. The van der Waals surface area contributed by atoms with Crippen LogP contribution in [0.3, 0.4) is 0 Å². The number of hydrogen-bond donors (Lipinski definition) is 0. The van der Waals surface area contributed by atoms with Crippen LogP contribution in [0.15, 0.2) is 182 Å². The maximum absolute atomic E-state index is 13.0. The first-order valence-electron chi connectivity index (χ1n) is 16.9. The third kappa shape index (κ3) is 8.65. The number of esters is 2. The normalized spacial score (nSPS) is 10.5. The Bertz CT molecular complexity index is 2230. The lowest BCUT2D eigenvalue weighted by atomic mass is 10.0. The van der Waals surface area contributed by atoms with Crippen molar-refractivity contribution in [3.63, 3.8) is 0 Å². The van der Waals surface area contributed by atoms with Crippen LogP contribution in [0.5, 0.6) is 34.5 Å². The Labute approximate surface area is 310 Å². The largest absolute Gasteiger partial charge is 0.457 e. The topological polar surface area (TPSA) is 105 Å². The summed E-state index contributed by atoms with van der Waals surface area (Å²) < 4.78 is 22.8. The number of benzene rings is 7. The van der Waals surface area contributed by atoms with Gasteiger partial charge in [-0.1, -0.05) is 66.7 Å². The van der Waals surface area contributed by atoms with E-state index in [1.165, 1.54) is 6.07 Å². The molecular weight excluding hydrogens is 680 g/mol. The predicted octanol–water partition coefficient (Wildman–Crippen LogP) is 10.2. The number of carbonyl (C=O) groups excluding carboxylic acids is 4. The molecule has 0 N–H and O–H groups in total. The van der Waals surface area contributed by atoms with Gasteiger partial charge >= 0.3 is 11.9 Å². The number of hydrogen-bond acceptors (Lipinski definition) is 8. The van der Waals surface area contributed by atoms with Crippen molar-refractivity contribution < 1.29 is 38.1 Å². The third-order valence-corrected chi connectivity index (χ3v) is 8.18. The van der Waals surface area contributed by atoms with Crippen molar-refractivity contribution in [2.24, 2.45) is 0 Å². The van der Waals surface area contributed by atoms with Gasteiger partial charge in [0, 0.05) is 22.3 Å². The minimum absolute atomic E-state index is 0.0770. The van der Waals surface area contributed by atoms with Crippen LogP contribution in [0.4, 0.5) is 0 Å². The van der Waals surface area contributed by atoms with Crippen molar-refractivity contribution in [2.75, 3.05) is 0 Å². The molecule has 0 aromatic heterocycles. The van der Waals surface area contributed by atoms with Crippen LogP contribution >= 0.6 is 0 Å². The van der Waals surface area contributed by atoms with Crippen molar-refractivity contribution in [3.05, 3.63) is 215 Å². The van der Waals surface area contributed by atoms with Crippen LogP contribution in [0.2, 0.25) is 0 Å². The molecule has 262 valence electrons. The van der Waals surface area contributed by atoms with E-state index in [1.807, 2.05) is 36.4 Å². The molecule has 0 saturated carbocycles. The molecule has 8 heteroatoms. The summed E-state index contributed by atoms with van der Waals surface area (Å²) in [5.74, 6) is 1.19. The first-order valence-corrected chi connectivity index (χ1v) is 16.9. The fourth-order valence-electron chi connectivity index (χ4n) is 5.39. The number of rotatable bonds is 12. The molecule has 0 unspecified atom stereocenters. The zero-order valence-corrected chi connectivity index (χ0v) is 28.6. The van der Waals surface area contributed by atoms with E-state index < -0.39 is 11.9 Å². The van der Waals surface area contributed by atoms with E-state index in [9.17, 15) is 19.2 Å². The highest BCUT2D eigenvalue weighted by Crippen LogP contribution is 2.27. The van der Waals surface area contributed by atoms with E-state index in [2.05, 4.69) is 0 Å². The second kappa shape index (κ2) is 16.2. The fraction of sp³-hybridized carbons (Fsp3) is 0. The second-order valence-electron chi connectivity index (χ2n) is 11.9. The Morgan fingerprint density at radius 1 is 0.278 bits per heavy atom. The van der Waals surface area contributed by atoms with Crippen molar-refractivity contribution in [3.8, 4) is 34.5 Å². The third-order valence-electron chi connectivity index (χ3n) is 8.18. The molecule has 0 spiro atoms. The van der Waals surface area contributed by atoms with Gasteiger partial charge in [-0.3, -0.25) is 9.59 Å². The monoisotopic (exact) mass is 710 g/mol. The van der Waals surface area contributed by atoms with Crippen LogP contribution < -0.4 is 18.9 Å². The summed E-state index contributed by atoms with van der Waals surface area (Å²) in [6, 6.07) is 50.8. The summed E-state index contributed by atoms with van der Waals surface area (Å²) in [6.45, 7) is 0. The second-order valence-corrected chi connectivity index (χ2v) is 11.9. The quantitative estimate of drug-likeness (QED) is 0.0701. The highest BCUT2D eigenvalue weighted by molar-refractivity contribution is 6.09. The molecule has 0 aliphatic rings. The molecule has 0 saturated heterocycles. The number of ether oxygens (including phenoxy) is 4. The molecule has 0 aliphatic heterocycles. The lowest BCUT2D eigenvalue weighted by Gasteiger charge is -2.10. The lowest BCUT2D eigenvalue weighted by Crippen LogP contribution is -2.12. The van der Waals surface area contributed by atoms with Crippen molar-refractivity contribution >= 4 is 23.5 Å². The zero-order valence-electron chi connectivity index (χ0n) is 28.6. The molecule has 0 atom stereocenters. The van der Waals surface area contributed by atoms with Gasteiger partial charge in [0.25, 0.3) is 0 Å². The predicted molar refractivity (Wildman–Crippen MR) is 202 cm³/mol. The van der Waals surface area contributed by atoms with Crippen LogP contribution in [0, 0.1) is 0 Å². The van der Waals surface area contributed by atoms with Crippen LogP contribution in [-0.2, 0) is 0 Å². The van der Waals surface area contributed by atoms with Gasteiger partial charge in [0.1, 0.15) is 34.5 Å². The van der Waals surface area contributed by atoms with Gasteiger partial charge in [-0.25, -0.2) is 9.59 Å². The molecule has 7 aromatic carbocycles. The van der Waals surface area contributed by atoms with Gasteiger partial charge < -0.3 is 18.9 Å². The van der Waals surface area contributed by atoms with Gasteiger partial charge in [0.15, 0.2) is 11.6 Å². The van der Waals surface area contributed by atoms with Gasteiger partial charge in [0.2, 0.25) is 0 Å². The van der Waals surface area contributed by atoms with E-state index in [1.54, 1.807) is 140 Å². The summed E-state index contributed by atoms with van der Waals surface area (Å²) in [4.78, 5) is 51.2. The molecule has 7 aromatic rings. The van der Waals surface area contributed by atoms with E-state index in [0.717, 1.165) is 0 Å². The van der Waals surface area contributed by atoms with Gasteiger partial charge in [-0.2, -0.15) is 0 Å². The highest BCUT2D eigenvalue weighted by Gasteiger charge is 2.15. The molecule has 0 fully saturated rings. The average molecular weight is 711 g/mol. The smallest absolute Gasteiger partial charge is 0.343 e. The molecular formula is C46H30O8. The molecule has 7 rings (SSSR count). The Kier molecular flexibility index (Phi) is 10.4. The first kappa shape index (κ1) is 34.9. The van der Waals surface area contributed by atoms with E-state index in [0.29, 0.717) is 45.3 Å². The van der Waals surface area contributed by atoms with Crippen LogP contribution in [0.1, 0.15) is 52.6 Å². The standard InChI is InChI=1S/C46H30O8/c47-43(31-8-3-1-4-9-31)33-14-18-37(19-15-33)51-39-22-26-41(27-23-39)53-45(49)35-12-7-13-36(30-35)46(50)54-42-28-24-40(25-29-42)52-38-20-16-34(17-21-38)44(48)32-10-5-2-6-11-32/h1-30H. The average Bonchev–Trinajstić information content (AvgIpc) is 3.23. The van der Waals surface area contributed by atoms with Crippen molar-refractivity contribution in [2.45, 2.75) is 0 Å². The molecule has 0 amide bonds. The van der Waals surface area contributed by atoms with Gasteiger partial charge in [-0.05, 0) is 115 Å². The van der Waals surface area contributed by atoms with Gasteiger partial charge in [-0.15, -0.1) is 0 Å². The molecule has 54 heavy (non-hydrogen) atoms. The maximum atomic E-state index is 13.0. The van der Waals surface area contributed by atoms with Crippen LogP contribution in [-0.4, -0.2) is 23.5 Å². The van der Waals surface area contributed by atoms with Crippen molar-refractivity contribution in [1.82, 2.24) is 0 Å². The first-order chi connectivity index (χ1) is 26.4. The summed E-state index contributed by atoms with van der Waals surface area (Å²) >= 11 is 0. The molecule has 0 radical (unpaired) electrons. The molecule has 0 aliphatic carbocycles. The maximum Gasteiger partial charge on any atom is 0.343 e. The van der Waals surface area contributed by atoms with E-state index in [4.69, 9.17) is 18.9 Å². The van der Waals surface area contributed by atoms with E-state index in [-0.39, 0.29) is 34.2 Å². The Balaban J connectivity index is 0.904. The summed E-state index contributed by atoms with van der Waals surface area (Å²) in [6.07, 6.45) is 0. The summed E-state index contributed by atoms with van der Waals surface area (Å²) in [5, 5.41) is 0. The zero-order chi connectivity index (χ0) is 37.3. The SMILES string of the molecule is O=C(Oc1ccc(Oc2ccc(C(=O)c3ccccc3)cc2)cc1)c1cccc(C(=O)Oc2ccc(Oc3ccc(C(=O)c4ccccc4)cc3)cc2)c1. The van der Waals surface area contributed by atoms with Crippen LogP contribution in [0.25, 0.3) is 0 Å². The lowest BCUT2D eigenvalue weighted by molar-refractivity contribution is 0.0733. The summed E-state index contributed by atoms with van der Waals surface area (Å²) in [5.41, 5.74) is 2.64. The highest BCUT2D eigenvalue weighted by atomic mass is 16.5. The Morgan fingerprint density at radius 3 is 0.907 bits per heavy atom. The number of ketones is 2. The number of carbonyl (C=O) groups is 4. The molecule has 8 nitrogen and oxygen atoms in total. The molecule has 0 bridgehead atoms. The van der Waals surface area contributed by atoms with E-state index >= 15 is 0 Å².